The SMILES string of the molecule is COc1cccc(NC(=O)[C@H]2[C@@H](C(=O)O)[C@@H]3C=C[C@H]2C3)c1. The van der Waals surface area contributed by atoms with Gasteiger partial charge in [0.15, 0.2) is 0 Å². The molecule has 0 unspecified atom stereocenters. The van der Waals surface area contributed by atoms with Gasteiger partial charge in [-0.1, -0.05) is 18.2 Å². The van der Waals surface area contributed by atoms with Gasteiger partial charge in [-0.2, -0.15) is 0 Å². The molecule has 21 heavy (non-hydrogen) atoms. The zero-order valence-electron chi connectivity index (χ0n) is 11.7. The molecule has 0 spiro atoms. The van der Waals surface area contributed by atoms with Gasteiger partial charge in [0.1, 0.15) is 5.75 Å². The molecule has 0 heterocycles. The van der Waals surface area contributed by atoms with Gasteiger partial charge in [0.25, 0.3) is 0 Å². The van der Waals surface area contributed by atoms with Crippen LogP contribution in [0.15, 0.2) is 36.4 Å². The molecule has 110 valence electrons. The smallest absolute Gasteiger partial charge is 0.307 e. The van der Waals surface area contributed by atoms with Crippen molar-refractivity contribution in [3.63, 3.8) is 0 Å². The number of hydrogen-bond acceptors (Lipinski definition) is 3. The number of methoxy groups -OCH3 is 1. The van der Waals surface area contributed by atoms with E-state index in [-0.39, 0.29) is 17.7 Å². The zero-order valence-corrected chi connectivity index (χ0v) is 11.7. The van der Waals surface area contributed by atoms with Crippen LogP contribution in [0.5, 0.6) is 5.75 Å². The Morgan fingerprint density at radius 1 is 1.24 bits per heavy atom. The van der Waals surface area contributed by atoms with Gasteiger partial charge in [-0.25, -0.2) is 0 Å². The van der Waals surface area contributed by atoms with Gasteiger partial charge in [0, 0.05) is 11.8 Å². The van der Waals surface area contributed by atoms with Crippen molar-refractivity contribution in [2.45, 2.75) is 6.42 Å². The van der Waals surface area contributed by atoms with Crippen LogP contribution < -0.4 is 10.1 Å². The Morgan fingerprint density at radius 2 is 1.95 bits per heavy atom. The summed E-state index contributed by atoms with van der Waals surface area (Å²) in [6, 6.07) is 7.05. The van der Waals surface area contributed by atoms with Gasteiger partial charge in [-0.3, -0.25) is 9.59 Å². The normalized spacial score (nSPS) is 29.4. The summed E-state index contributed by atoms with van der Waals surface area (Å²) in [6.45, 7) is 0. The summed E-state index contributed by atoms with van der Waals surface area (Å²) in [7, 11) is 1.56. The number of nitrogens with one attached hydrogen (secondary N) is 1. The summed E-state index contributed by atoms with van der Waals surface area (Å²) in [4.78, 5) is 23.9. The molecule has 0 aromatic heterocycles. The summed E-state index contributed by atoms with van der Waals surface area (Å²) >= 11 is 0. The van der Waals surface area contributed by atoms with Crippen molar-refractivity contribution in [3.8, 4) is 5.75 Å². The highest BCUT2D eigenvalue weighted by Gasteiger charge is 2.51. The van der Waals surface area contributed by atoms with E-state index in [0.717, 1.165) is 6.42 Å². The number of allylic oxidation sites excluding steroid dienone is 2. The van der Waals surface area contributed by atoms with Crippen LogP contribution in [-0.4, -0.2) is 24.1 Å². The zero-order chi connectivity index (χ0) is 15.0. The highest BCUT2D eigenvalue weighted by atomic mass is 16.5. The molecular formula is C16H17NO4. The number of ether oxygens (including phenoxy) is 1. The van der Waals surface area contributed by atoms with E-state index in [1.165, 1.54) is 0 Å². The Kier molecular flexibility index (Phi) is 3.41. The van der Waals surface area contributed by atoms with Crippen molar-refractivity contribution < 1.29 is 19.4 Å². The second kappa shape index (κ2) is 5.24. The first kappa shape index (κ1) is 13.7. The van der Waals surface area contributed by atoms with Crippen LogP contribution in [0.25, 0.3) is 0 Å². The van der Waals surface area contributed by atoms with Crippen LogP contribution >= 0.6 is 0 Å². The predicted octanol–water partition coefficient (Wildman–Crippen LogP) is 2.16. The number of amides is 1. The average molecular weight is 287 g/mol. The predicted molar refractivity (Wildman–Crippen MR) is 77.0 cm³/mol. The summed E-state index contributed by atoms with van der Waals surface area (Å²) in [6.07, 6.45) is 4.66. The molecular weight excluding hydrogens is 270 g/mol. The van der Waals surface area contributed by atoms with Gasteiger partial charge in [-0.15, -0.1) is 0 Å². The maximum absolute atomic E-state index is 12.5. The molecule has 1 aromatic rings. The van der Waals surface area contributed by atoms with Crippen LogP contribution in [0.1, 0.15) is 6.42 Å². The van der Waals surface area contributed by atoms with E-state index in [4.69, 9.17) is 4.74 Å². The first-order valence-electron chi connectivity index (χ1n) is 6.96. The standard InChI is InChI=1S/C16H17NO4/c1-21-12-4-2-3-11(8-12)17-15(18)13-9-5-6-10(7-9)14(13)16(19)20/h2-6,8-10,13-14H,7H2,1H3,(H,17,18)(H,19,20)/t9-,10+,13+,14-/m0/s1. The van der Waals surface area contributed by atoms with Crippen molar-refractivity contribution in [2.24, 2.45) is 23.7 Å². The van der Waals surface area contributed by atoms with E-state index < -0.39 is 17.8 Å². The second-order valence-corrected chi connectivity index (χ2v) is 5.56. The molecule has 1 fully saturated rings. The topological polar surface area (TPSA) is 75.6 Å². The first-order valence-corrected chi connectivity index (χ1v) is 6.96. The van der Waals surface area contributed by atoms with Crippen molar-refractivity contribution in [3.05, 3.63) is 36.4 Å². The molecule has 2 aliphatic carbocycles. The lowest BCUT2D eigenvalue weighted by atomic mass is 9.82. The van der Waals surface area contributed by atoms with Gasteiger partial charge >= 0.3 is 5.97 Å². The lowest BCUT2D eigenvalue weighted by Crippen LogP contribution is -2.36. The second-order valence-electron chi connectivity index (χ2n) is 5.56. The Hall–Kier alpha value is -2.30. The number of fused-ring (bicyclic) bond motifs is 2. The molecule has 2 aliphatic rings. The number of carbonyl (C=O) groups excluding carboxylic acids is 1. The quantitative estimate of drug-likeness (QED) is 0.832. The number of carboxylic acids is 1. The minimum atomic E-state index is -0.891. The van der Waals surface area contributed by atoms with Crippen LogP contribution in [0.4, 0.5) is 5.69 Å². The Bertz CT molecular complexity index is 610. The fourth-order valence-corrected chi connectivity index (χ4v) is 3.44. The molecule has 0 aliphatic heterocycles. The Labute approximate surface area is 122 Å². The molecule has 2 bridgehead atoms. The molecule has 2 N–H and O–H groups in total. The van der Waals surface area contributed by atoms with E-state index in [1.54, 1.807) is 31.4 Å². The fraction of sp³-hybridized carbons (Fsp3) is 0.375. The van der Waals surface area contributed by atoms with Crippen molar-refractivity contribution >= 4 is 17.6 Å². The number of carboxylic acid groups (broad SMARTS) is 1. The van der Waals surface area contributed by atoms with Gasteiger partial charge in [0.2, 0.25) is 5.91 Å². The third kappa shape index (κ3) is 2.39. The largest absolute Gasteiger partial charge is 0.497 e. The lowest BCUT2D eigenvalue weighted by Gasteiger charge is -2.23. The summed E-state index contributed by atoms with van der Waals surface area (Å²) in [5, 5.41) is 12.2. The number of rotatable bonds is 4. The average Bonchev–Trinajstić information content (AvgIpc) is 3.07. The van der Waals surface area contributed by atoms with Crippen molar-refractivity contribution in [2.75, 3.05) is 12.4 Å². The third-order valence-electron chi connectivity index (χ3n) is 4.38. The number of carbonyl (C=O) groups is 2. The highest BCUT2D eigenvalue weighted by molar-refractivity contribution is 5.96. The van der Waals surface area contributed by atoms with Gasteiger partial charge in [-0.05, 0) is 30.4 Å². The molecule has 1 aromatic carbocycles. The van der Waals surface area contributed by atoms with E-state index in [9.17, 15) is 14.7 Å². The molecule has 5 heteroatoms. The molecule has 5 nitrogen and oxygen atoms in total. The van der Waals surface area contributed by atoms with Crippen molar-refractivity contribution in [1.29, 1.82) is 0 Å². The number of aliphatic carboxylic acids is 1. The van der Waals surface area contributed by atoms with E-state index in [2.05, 4.69) is 5.32 Å². The van der Waals surface area contributed by atoms with E-state index in [0.29, 0.717) is 11.4 Å². The summed E-state index contributed by atoms with van der Waals surface area (Å²) in [5.74, 6) is -1.58. The lowest BCUT2D eigenvalue weighted by molar-refractivity contribution is -0.146. The van der Waals surface area contributed by atoms with Crippen molar-refractivity contribution in [1.82, 2.24) is 0 Å². The maximum Gasteiger partial charge on any atom is 0.307 e. The minimum absolute atomic E-state index is 0.0199. The molecule has 1 amide bonds. The van der Waals surface area contributed by atoms with Crippen LogP contribution in [0, 0.1) is 23.7 Å². The van der Waals surface area contributed by atoms with E-state index >= 15 is 0 Å². The molecule has 4 atom stereocenters. The number of benzene rings is 1. The molecule has 0 saturated heterocycles. The highest BCUT2D eigenvalue weighted by Crippen LogP contribution is 2.48. The van der Waals surface area contributed by atoms with Crippen LogP contribution in [0.3, 0.4) is 0 Å². The molecule has 3 rings (SSSR count). The summed E-state index contributed by atoms with van der Waals surface area (Å²) in [5.41, 5.74) is 0.621. The molecule has 0 radical (unpaired) electrons. The Morgan fingerprint density at radius 3 is 2.62 bits per heavy atom. The van der Waals surface area contributed by atoms with Crippen LogP contribution in [0.2, 0.25) is 0 Å². The van der Waals surface area contributed by atoms with Gasteiger partial charge in [0.05, 0.1) is 18.9 Å². The maximum atomic E-state index is 12.5. The third-order valence-corrected chi connectivity index (χ3v) is 4.38. The fourth-order valence-electron chi connectivity index (χ4n) is 3.44. The number of hydrogen-bond donors (Lipinski definition) is 2. The molecule has 1 saturated carbocycles. The summed E-state index contributed by atoms with van der Waals surface area (Å²) < 4.78 is 5.11. The van der Waals surface area contributed by atoms with Gasteiger partial charge < -0.3 is 15.2 Å². The monoisotopic (exact) mass is 287 g/mol. The first-order chi connectivity index (χ1) is 10.1. The Balaban J connectivity index is 1.78. The number of anilines is 1. The van der Waals surface area contributed by atoms with Crippen LogP contribution in [-0.2, 0) is 9.59 Å². The minimum Gasteiger partial charge on any atom is -0.497 e. The van der Waals surface area contributed by atoms with E-state index in [1.807, 2.05) is 12.2 Å².